The lowest BCUT2D eigenvalue weighted by Crippen LogP contribution is -2.50. The Kier molecular flexibility index (Phi) is 8.97. The summed E-state index contributed by atoms with van der Waals surface area (Å²) in [6, 6.07) is 2.69. The highest BCUT2D eigenvalue weighted by Crippen LogP contribution is 2.24. The van der Waals surface area contributed by atoms with E-state index < -0.39 is 21.9 Å². The van der Waals surface area contributed by atoms with Gasteiger partial charge in [0, 0.05) is 20.2 Å². The van der Waals surface area contributed by atoms with Crippen LogP contribution in [0.1, 0.15) is 28.0 Å². The van der Waals surface area contributed by atoms with E-state index in [0.717, 1.165) is 17.0 Å². The average molecular weight is 501 g/mol. The smallest absolute Gasteiger partial charge is 0.324 e. The average Bonchev–Trinajstić information content (AvgIpc) is 3.23. The van der Waals surface area contributed by atoms with E-state index in [0.29, 0.717) is 41.8 Å². The largest absolute Gasteiger partial charge is 0.451 e. The summed E-state index contributed by atoms with van der Waals surface area (Å²) in [4.78, 5) is 16.9. The van der Waals surface area contributed by atoms with Crippen molar-refractivity contribution >= 4 is 21.8 Å². The first-order valence-corrected chi connectivity index (χ1v) is 12.1. The van der Waals surface area contributed by atoms with E-state index in [1.165, 1.54) is 12.1 Å². The maximum atomic E-state index is 13.9. The third-order valence-electron chi connectivity index (χ3n) is 5.25. The number of carbonyl (C=O) groups is 1. The van der Waals surface area contributed by atoms with Gasteiger partial charge in [-0.15, -0.1) is 4.41 Å². The topological polar surface area (TPSA) is 123 Å². The number of benzene rings is 1. The number of nitrogens with one attached hydrogen (secondary N) is 1. The summed E-state index contributed by atoms with van der Waals surface area (Å²) in [7, 11) is -2.80. The van der Waals surface area contributed by atoms with Crippen LogP contribution in [0.2, 0.25) is 0 Å². The number of nitrogens with zero attached hydrogens (tertiary/aromatic N) is 3. The molecular formula is C21H29FN4O7S. The number of hydrogen-bond acceptors (Lipinski definition) is 9. The van der Waals surface area contributed by atoms with Crippen molar-refractivity contribution in [3.8, 4) is 0 Å². The predicted octanol–water partition coefficient (Wildman–Crippen LogP) is 1.90. The minimum Gasteiger partial charge on any atom is -0.451 e. The second-order valence-corrected chi connectivity index (χ2v) is 9.50. The number of halogens is 1. The molecule has 1 amide bonds. The molecule has 1 N–H and O–H groups in total. The van der Waals surface area contributed by atoms with E-state index in [1.54, 1.807) is 21.0 Å². The van der Waals surface area contributed by atoms with Crippen LogP contribution < -0.4 is 5.43 Å². The number of anilines is 1. The van der Waals surface area contributed by atoms with E-state index >= 15 is 0 Å². The lowest BCUT2D eigenvalue weighted by molar-refractivity contribution is -0.0218. The molecule has 2 aromatic rings. The van der Waals surface area contributed by atoms with E-state index in [9.17, 15) is 17.6 Å². The number of aromatic nitrogens is 1. The van der Waals surface area contributed by atoms with Gasteiger partial charge in [0.2, 0.25) is 0 Å². The van der Waals surface area contributed by atoms with Crippen LogP contribution in [0.15, 0.2) is 29.2 Å². The van der Waals surface area contributed by atoms with Crippen LogP contribution in [0, 0.1) is 19.7 Å². The van der Waals surface area contributed by atoms with Gasteiger partial charge in [0.15, 0.2) is 12.1 Å². The molecule has 0 unspecified atom stereocenters. The van der Waals surface area contributed by atoms with Gasteiger partial charge in [0.05, 0.1) is 38.2 Å². The number of carbonyl (C=O) groups excluding carboxylic acids is 1. The van der Waals surface area contributed by atoms with E-state index in [-0.39, 0.29) is 37.2 Å². The molecule has 34 heavy (non-hydrogen) atoms. The first-order chi connectivity index (χ1) is 16.2. The highest BCUT2D eigenvalue weighted by atomic mass is 32.2. The Bertz CT molecular complexity index is 1070. The minimum atomic E-state index is -4.37. The monoisotopic (exact) mass is 500 g/mol. The quantitative estimate of drug-likeness (QED) is 0.385. The molecular weight excluding hydrogens is 471 g/mol. The summed E-state index contributed by atoms with van der Waals surface area (Å²) in [5.41, 5.74) is 3.41. The zero-order chi connectivity index (χ0) is 24.7. The summed E-state index contributed by atoms with van der Waals surface area (Å²) in [6.07, 6.45) is 2.15. The molecule has 0 aliphatic carbocycles. The molecule has 1 aromatic carbocycles. The third-order valence-corrected chi connectivity index (χ3v) is 6.99. The molecule has 0 saturated carbocycles. The highest BCUT2D eigenvalue weighted by molar-refractivity contribution is 7.87. The molecule has 0 spiro atoms. The van der Waals surface area contributed by atoms with Gasteiger partial charge in [-0.05, 0) is 43.5 Å². The summed E-state index contributed by atoms with van der Waals surface area (Å²) in [6.45, 7) is 4.54. The number of aryl methyl sites for hydroxylation is 2. The molecule has 1 aliphatic rings. The van der Waals surface area contributed by atoms with Gasteiger partial charge in [0.25, 0.3) is 0 Å². The first kappa shape index (κ1) is 26.0. The number of amides is 1. The Morgan fingerprint density at radius 1 is 1.29 bits per heavy atom. The summed E-state index contributed by atoms with van der Waals surface area (Å²) >= 11 is 0. The Balaban J connectivity index is 1.82. The number of rotatable bonds is 10. The summed E-state index contributed by atoms with van der Waals surface area (Å²) in [5, 5.41) is 0. The number of hydrogen-bond donors (Lipinski definition) is 1. The minimum absolute atomic E-state index is 0.0304. The van der Waals surface area contributed by atoms with Crippen molar-refractivity contribution in [3.05, 3.63) is 47.4 Å². The lowest BCUT2D eigenvalue weighted by atomic mass is 10.1. The second kappa shape index (κ2) is 11.7. The molecule has 188 valence electrons. The van der Waals surface area contributed by atoms with Gasteiger partial charge < -0.3 is 18.6 Å². The van der Waals surface area contributed by atoms with Crippen LogP contribution in [0.25, 0.3) is 0 Å². The molecule has 3 rings (SSSR count). The SMILES string of the molecule is COCCOC[C@@H]1CCN(S(=O)(=O)N(Nc2cc(C)c(F)cc2C)C(=O)c2cocn2)CCO1. The fourth-order valence-electron chi connectivity index (χ4n) is 3.29. The van der Waals surface area contributed by atoms with Gasteiger partial charge in [0.1, 0.15) is 12.1 Å². The van der Waals surface area contributed by atoms with E-state index in [1.807, 2.05) is 0 Å². The van der Waals surface area contributed by atoms with Gasteiger partial charge in [-0.25, -0.2) is 9.37 Å². The fraction of sp³-hybridized carbons (Fsp3) is 0.524. The molecule has 0 radical (unpaired) electrons. The van der Waals surface area contributed by atoms with Crippen molar-refractivity contribution in [2.75, 3.05) is 52.1 Å². The van der Waals surface area contributed by atoms with Gasteiger partial charge >= 0.3 is 16.1 Å². The first-order valence-electron chi connectivity index (χ1n) is 10.7. The lowest BCUT2D eigenvalue weighted by Gasteiger charge is -2.29. The van der Waals surface area contributed by atoms with Crippen LogP contribution in [0.3, 0.4) is 0 Å². The van der Waals surface area contributed by atoms with Gasteiger partial charge in [-0.2, -0.15) is 12.7 Å². The van der Waals surface area contributed by atoms with Crippen molar-refractivity contribution in [2.45, 2.75) is 26.4 Å². The normalized spacial score (nSPS) is 17.4. The molecule has 13 heteroatoms. The van der Waals surface area contributed by atoms with Crippen molar-refractivity contribution in [1.29, 1.82) is 0 Å². The van der Waals surface area contributed by atoms with Crippen molar-refractivity contribution in [1.82, 2.24) is 13.7 Å². The Morgan fingerprint density at radius 2 is 2.09 bits per heavy atom. The van der Waals surface area contributed by atoms with Crippen molar-refractivity contribution in [3.63, 3.8) is 0 Å². The number of hydrazine groups is 1. The van der Waals surface area contributed by atoms with Crippen LogP contribution in [0.5, 0.6) is 0 Å². The molecule has 1 fully saturated rings. The molecule has 0 bridgehead atoms. The summed E-state index contributed by atoms with van der Waals surface area (Å²) in [5.74, 6) is -1.39. The Labute approximate surface area is 197 Å². The standard InChI is InChI=1S/C21H29FN4O7S/c1-15-11-19(16(2)10-18(15)22)24-26(21(27)20-13-32-14-23-20)34(28,29)25-5-4-17(33-7-6-25)12-31-9-8-30-3/h10-11,13-14,17,24H,4-9,12H2,1-3H3/t17-/m0/s1. The van der Waals surface area contributed by atoms with Crippen LogP contribution >= 0.6 is 0 Å². The Hall–Kier alpha value is -2.58. The zero-order valence-electron chi connectivity index (χ0n) is 19.3. The molecule has 1 saturated heterocycles. The maximum Gasteiger partial charge on any atom is 0.324 e. The van der Waals surface area contributed by atoms with Crippen molar-refractivity contribution < 1.29 is 36.2 Å². The third kappa shape index (κ3) is 6.30. The maximum absolute atomic E-state index is 13.9. The van der Waals surface area contributed by atoms with Crippen LogP contribution in [-0.2, 0) is 24.4 Å². The predicted molar refractivity (Wildman–Crippen MR) is 120 cm³/mol. The number of oxazole rings is 1. The molecule has 2 heterocycles. The number of ether oxygens (including phenoxy) is 3. The van der Waals surface area contributed by atoms with Gasteiger partial charge in [-0.3, -0.25) is 10.2 Å². The van der Waals surface area contributed by atoms with Gasteiger partial charge in [-0.1, -0.05) is 0 Å². The highest BCUT2D eigenvalue weighted by Gasteiger charge is 2.37. The van der Waals surface area contributed by atoms with E-state index in [4.69, 9.17) is 18.6 Å². The molecule has 1 atom stereocenters. The zero-order valence-corrected chi connectivity index (χ0v) is 20.1. The number of methoxy groups -OCH3 is 1. The second-order valence-electron chi connectivity index (χ2n) is 7.73. The Morgan fingerprint density at radius 3 is 2.79 bits per heavy atom. The van der Waals surface area contributed by atoms with Crippen molar-refractivity contribution in [2.24, 2.45) is 0 Å². The molecule has 1 aliphatic heterocycles. The summed E-state index contributed by atoms with van der Waals surface area (Å²) < 4.78 is 63.8. The molecule has 11 nitrogen and oxygen atoms in total. The van der Waals surface area contributed by atoms with Crippen LogP contribution in [-0.4, -0.2) is 80.8 Å². The van der Waals surface area contributed by atoms with Crippen LogP contribution in [0.4, 0.5) is 10.1 Å². The van der Waals surface area contributed by atoms with E-state index in [2.05, 4.69) is 10.4 Å². The molecule has 1 aromatic heterocycles. The fourth-order valence-corrected chi connectivity index (χ4v) is 4.67.